The normalized spacial score (nSPS) is 27.1. The molecule has 0 saturated heterocycles. The topological polar surface area (TPSA) is 150 Å². The second-order valence-corrected chi connectivity index (χ2v) is 17.4. The molecule has 294 valence electrons. The highest BCUT2D eigenvalue weighted by molar-refractivity contribution is 7.75. The maximum atomic E-state index is 14.0. The smallest absolute Gasteiger partial charge is 0.341 e. The summed E-state index contributed by atoms with van der Waals surface area (Å²) in [5.74, 6) is -1.22. The second-order valence-electron chi connectivity index (χ2n) is 15.7. The maximum absolute atomic E-state index is 14.0. The average Bonchev–Trinajstić information content (AvgIpc) is 3.77. The van der Waals surface area contributed by atoms with Crippen LogP contribution >= 0.6 is 11.6 Å². The molecule has 1 saturated carbocycles. The monoisotopic (exact) mass is 798 g/mol. The largest absolute Gasteiger partial charge is 0.490 e. The molecule has 2 bridgehead atoms. The first kappa shape index (κ1) is 37.9. The molecule has 2 aromatic heterocycles. The first-order chi connectivity index (χ1) is 27.0. The fraction of sp³-hybridized carbons (Fsp3) is 0.439. The fourth-order valence-electron chi connectivity index (χ4n) is 8.66. The molecule has 4 aliphatic rings. The number of anilines is 1. The van der Waals surface area contributed by atoms with Crippen LogP contribution < -0.4 is 15.0 Å². The zero-order valence-corrected chi connectivity index (χ0v) is 33.2. The highest BCUT2D eigenvalue weighted by atomic mass is 35.5. The van der Waals surface area contributed by atoms with Crippen molar-refractivity contribution < 1.29 is 28.1 Å². The number of carbonyl (C=O) groups is 3. The molecule has 8 rings (SSSR count). The molecule has 2 amide bonds. The van der Waals surface area contributed by atoms with Gasteiger partial charge in [0.05, 0.1) is 35.8 Å². The van der Waals surface area contributed by atoms with Crippen LogP contribution in [0.5, 0.6) is 5.75 Å². The Kier molecular flexibility index (Phi) is 10.5. The number of halogens is 1. The third-order valence-electron chi connectivity index (χ3n) is 11.8. The van der Waals surface area contributed by atoms with Gasteiger partial charge in [-0.2, -0.15) is 20.8 Å². The van der Waals surface area contributed by atoms with Crippen LogP contribution in [0.2, 0.25) is 5.02 Å². The van der Waals surface area contributed by atoms with Crippen LogP contribution in [0.15, 0.2) is 77.7 Å². The van der Waals surface area contributed by atoms with Crippen molar-refractivity contribution in [2.45, 2.75) is 62.3 Å². The van der Waals surface area contributed by atoms with E-state index in [1.54, 1.807) is 49.4 Å². The van der Waals surface area contributed by atoms with Gasteiger partial charge in [0.15, 0.2) is 0 Å². The summed E-state index contributed by atoms with van der Waals surface area (Å²) in [6.45, 7) is 3.56. The Labute approximate surface area is 332 Å². The van der Waals surface area contributed by atoms with Gasteiger partial charge in [0.1, 0.15) is 11.9 Å². The van der Waals surface area contributed by atoms with Crippen LogP contribution in [0, 0.1) is 17.8 Å². The zero-order valence-electron chi connectivity index (χ0n) is 31.6. The molecule has 1 fully saturated rings. The Morgan fingerprint density at radius 3 is 2.57 bits per heavy atom. The van der Waals surface area contributed by atoms with Crippen molar-refractivity contribution in [2.24, 2.45) is 36.2 Å². The Morgan fingerprint density at radius 1 is 1.05 bits per heavy atom. The quantitative estimate of drug-likeness (QED) is 0.145. The van der Waals surface area contributed by atoms with Gasteiger partial charge >= 0.3 is 5.97 Å². The van der Waals surface area contributed by atoms with Crippen molar-refractivity contribution in [2.75, 3.05) is 24.6 Å². The number of allylic oxidation sites excluding steroid dienone is 1. The lowest BCUT2D eigenvalue weighted by atomic mass is 9.68. The standard InChI is InChI=1S/C41H45ClN7O6S/c1-25-6-4-8-35(55-40(52)30-19-44-48(3)21-30)32-12-9-28(32)22-49-23-41(15-5-7-26-16-31(42)11-13-33(26)41)24-54-36-14-10-27(17-34(36)49)38(51)46-56(53)39(25)45-37(50)29-18-43-47(2)20-29/h4,8,10-11,13-14,16-21,25,28,32,35,39H,5-7,9,12,15,22-24H2,1-3H3,(H,45,50)/q-1/b8-4+/t25-,28-,32+,35-,39?,41-/m0/s1. The molecule has 15 heteroatoms. The van der Waals surface area contributed by atoms with Gasteiger partial charge in [-0.15, -0.1) is 0 Å². The van der Waals surface area contributed by atoms with E-state index in [1.807, 2.05) is 25.1 Å². The Morgan fingerprint density at radius 2 is 1.84 bits per heavy atom. The van der Waals surface area contributed by atoms with Gasteiger partial charge in [0, 0.05) is 61.5 Å². The molecule has 4 aromatic rings. The van der Waals surface area contributed by atoms with Crippen LogP contribution in [-0.2, 0) is 45.5 Å². The zero-order chi connectivity index (χ0) is 39.1. The molecule has 2 aliphatic carbocycles. The number of fused-ring (bicyclic) bond motifs is 4. The molecule has 6 atom stereocenters. The highest BCUT2D eigenvalue weighted by Gasteiger charge is 2.45. The average molecular weight is 799 g/mol. The number of aromatic nitrogens is 4. The summed E-state index contributed by atoms with van der Waals surface area (Å²) in [6, 6.07) is 11.4. The third-order valence-corrected chi connectivity index (χ3v) is 13.4. The number of amides is 2. The summed E-state index contributed by atoms with van der Waals surface area (Å²) in [7, 11) is 1.29. The van der Waals surface area contributed by atoms with Crippen molar-refractivity contribution in [1.29, 1.82) is 0 Å². The van der Waals surface area contributed by atoms with E-state index in [0.29, 0.717) is 42.5 Å². The minimum absolute atomic E-state index is 0.00568. The molecule has 13 nitrogen and oxygen atoms in total. The highest BCUT2D eigenvalue weighted by Crippen LogP contribution is 2.47. The van der Waals surface area contributed by atoms with Crippen molar-refractivity contribution in [3.05, 3.63) is 106 Å². The summed E-state index contributed by atoms with van der Waals surface area (Å²) < 4.78 is 34.1. The van der Waals surface area contributed by atoms with Crippen molar-refractivity contribution >= 4 is 45.7 Å². The van der Waals surface area contributed by atoms with E-state index in [9.17, 15) is 18.6 Å². The number of ether oxygens (including phenoxy) is 2. The molecular formula is C41H45ClN7O6S-. The number of carbonyl (C=O) groups excluding carboxylic acids is 3. The predicted octanol–water partition coefficient (Wildman–Crippen LogP) is 6.17. The summed E-state index contributed by atoms with van der Waals surface area (Å²) in [5.41, 5.74) is 3.77. The molecule has 1 spiro atoms. The van der Waals surface area contributed by atoms with Gasteiger partial charge in [-0.25, -0.2) is 4.79 Å². The number of hydrogen-bond acceptors (Lipinski definition) is 10. The molecule has 0 radical (unpaired) electrons. The predicted molar refractivity (Wildman–Crippen MR) is 211 cm³/mol. The number of esters is 1. The second kappa shape index (κ2) is 15.5. The van der Waals surface area contributed by atoms with Crippen molar-refractivity contribution in [1.82, 2.24) is 24.9 Å². The SMILES string of the molecule is C[C@H]1C/C=C/[C@H](OC(=O)c2cnn(C)c2)[C@@H]2CC[C@H]2CN2C[C@@]3(CCCc4cc(Cl)ccc43)COc3ccc(cc32)C(=O)N=[S-](=O)C1NC(=O)c1cnn(C)c1. The lowest BCUT2D eigenvalue weighted by Gasteiger charge is -2.46. The van der Waals surface area contributed by atoms with E-state index in [0.717, 1.165) is 37.8 Å². The minimum Gasteiger partial charge on any atom is -0.490 e. The van der Waals surface area contributed by atoms with E-state index in [4.69, 9.17) is 21.1 Å². The summed E-state index contributed by atoms with van der Waals surface area (Å²) >= 11 is 6.47. The number of hydrogen-bond donors (Lipinski definition) is 1. The van der Waals surface area contributed by atoms with Gasteiger partial charge in [-0.3, -0.25) is 19.0 Å². The molecular weight excluding hydrogens is 754 g/mol. The number of rotatable bonds is 4. The van der Waals surface area contributed by atoms with E-state index >= 15 is 0 Å². The van der Waals surface area contributed by atoms with Gasteiger partial charge < -0.3 is 28.3 Å². The van der Waals surface area contributed by atoms with Crippen LogP contribution in [0.1, 0.15) is 81.2 Å². The summed E-state index contributed by atoms with van der Waals surface area (Å²) in [4.78, 5) is 43.0. The summed E-state index contributed by atoms with van der Waals surface area (Å²) in [6.07, 6.45) is 14.4. The van der Waals surface area contributed by atoms with E-state index < -0.39 is 45.8 Å². The molecule has 4 heterocycles. The lowest BCUT2D eigenvalue weighted by Crippen LogP contribution is -2.50. The number of aryl methyl sites for hydroxylation is 3. The molecule has 56 heavy (non-hydrogen) atoms. The van der Waals surface area contributed by atoms with E-state index in [1.165, 1.54) is 28.2 Å². The third kappa shape index (κ3) is 7.60. The summed E-state index contributed by atoms with van der Waals surface area (Å²) in [5, 5.41) is 10.8. The van der Waals surface area contributed by atoms with Crippen molar-refractivity contribution in [3.8, 4) is 5.75 Å². The van der Waals surface area contributed by atoms with Gasteiger partial charge in [0.2, 0.25) is 0 Å². The van der Waals surface area contributed by atoms with Gasteiger partial charge in [0.25, 0.3) is 11.8 Å². The first-order valence-electron chi connectivity index (χ1n) is 19.1. The Hall–Kier alpha value is -4.95. The van der Waals surface area contributed by atoms with E-state index in [-0.39, 0.29) is 28.4 Å². The molecule has 2 aliphatic heterocycles. The molecule has 2 aromatic carbocycles. The van der Waals surface area contributed by atoms with E-state index in [2.05, 4.69) is 36.9 Å². The lowest BCUT2D eigenvalue weighted by molar-refractivity contribution is -0.00209. The van der Waals surface area contributed by atoms with Crippen LogP contribution in [0.4, 0.5) is 5.69 Å². The molecule has 1 N–H and O–H groups in total. The number of benzene rings is 2. The maximum Gasteiger partial charge on any atom is 0.341 e. The minimum atomic E-state index is -2.16. The Balaban J connectivity index is 1.19. The Bertz CT molecular complexity index is 2300. The number of nitrogens with one attached hydrogen (secondary N) is 1. The van der Waals surface area contributed by atoms with Crippen molar-refractivity contribution in [3.63, 3.8) is 0 Å². The number of nitrogens with zero attached hydrogens (tertiary/aromatic N) is 6. The van der Waals surface area contributed by atoms with Crippen LogP contribution in [-0.4, -0.2) is 68.5 Å². The van der Waals surface area contributed by atoms with Crippen LogP contribution in [0.3, 0.4) is 0 Å². The first-order valence-corrected chi connectivity index (χ1v) is 20.6. The van der Waals surface area contributed by atoms with Gasteiger partial charge in [-0.05, 0) is 103 Å². The molecule has 1 unspecified atom stereocenters. The van der Waals surface area contributed by atoms with Gasteiger partial charge in [-0.1, -0.05) is 30.7 Å². The fourth-order valence-corrected chi connectivity index (χ4v) is 9.95. The van der Waals surface area contributed by atoms with Crippen LogP contribution in [0.25, 0.3) is 0 Å².